The van der Waals surface area contributed by atoms with Crippen LogP contribution in [-0.4, -0.2) is 36.7 Å². The lowest BCUT2D eigenvalue weighted by Gasteiger charge is -2.08. The lowest BCUT2D eigenvalue weighted by Crippen LogP contribution is -2.38. The predicted molar refractivity (Wildman–Crippen MR) is 83.3 cm³/mol. The number of carboxylic acid groups (broad SMARTS) is 1. The summed E-state index contributed by atoms with van der Waals surface area (Å²) in [5.74, 6) is -1.16. The van der Waals surface area contributed by atoms with Crippen molar-refractivity contribution in [1.82, 2.24) is 5.32 Å². The van der Waals surface area contributed by atoms with Gasteiger partial charge in [-0.3, -0.25) is 9.59 Å². The van der Waals surface area contributed by atoms with E-state index in [2.05, 4.69) is 5.32 Å². The Hall–Kier alpha value is -1.10. The van der Waals surface area contributed by atoms with Gasteiger partial charge in [-0.25, -0.2) is 0 Å². The average molecular weight is 301 g/mol. The number of methoxy groups -OCH3 is 1. The van der Waals surface area contributed by atoms with Gasteiger partial charge in [0, 0.05) is 20.1 Å². The molecule has 0 aromatic heterocycles. The van der Waals surface area contributed by atoms with Crippen LogP contribution in [0.5, 0.6) is 0 Å². The maximum Gasteiger partial charge on any atom is 0.325 e. The molecule has 0 fully saturated rings. The van der Waals surface area contributed by atoms with Crippen molar-refractivity contribution in [2.75, 3.05) is 13.7 Å². The fourth-order valence-corrected chi connectivity index (χ4v) is 2.14. The van der Waals surface area contributed by atoms with Crippen molar-refractivity contribution in [3.63, 3.8) is 0 Å². The number of hydrogen-bond donors (Lipinski definition) is 2. The molecule has 21 heavy (non-hydrogen) atoms. The number of rotatable bonds is 14. The molecule has 0 rings (SSSR count). The molecule has 0 aliphatic heterocycles. The van der Waals surface area contributed by atoms with Gasteiger partial charge in [-0.05, 0) is 19.8 Å². The van der Waals surface area contributed by atoms with Crippen LogP contribution in [0.3, 0.4) is 0 Å². The quantitative estimate of drug-likeness (QED) is 0.483. The molecule has 0 radical (unpaired) electrons. The van der Waals surface area contributed by atoms with E-state index in [1.807, 2.05) is 0 Å². The van der Waals surface area contributed by atoms with Crippen molar-refractivity contribution in [3.8, 4) is 0 Å². The number of nitrogens with one attached hydrogen (secondary N) is 1. The third-order valence-electron chi connectivity index (χ3n) is 3.50. The molecular formula is C16H31NO4. The third kappa shape index (κ3) is 13.6. The lowest BCUT2D eigenvalue weighted by atomic mass is 10.1. The topological polar surface area (TPSA) is 75.6 Å². The molecule has 0 saturated carbocycles. The van der Waals surface area contributed by atoms with Gasteiger partial charge in [0.05, 0.1) is 0 Å². The summed E-state index contributed by atoms with van der Waals surface area (Å²) in [5.41, 5.74) is 0. The van der Waals surface area contributed by atoms with Crippen LogP contribution in [0.1, 0.15) is 71.1 Å². The molecular weight excluding hydrogens is 270 g/mol. The zero-order valence-corrected chi connectivity index (χ0v) is 13.5. The van der Waals surface area contributed by atoms with Gasteiger partial charge < -0.3 is 15.2 Å². The highest BCUT2D eigenvalue weighted by molar-refractivity contribution is 5.83. The molecule has 0 spiro atoms. The van der Waals surface area contributed by atoms with Gasteiger partial charge >= 0.3 is 5.97 Å². The molecule has 0 bridgehead atoms. The zero-order chi connectivity index (χ0) is 15.9. The molecule has 0 aliphatic carbocycles. The van der Waals surface area contributed by atoms with Gasteiger partial charge in [-0.1, -0.05) is 44.9 Å². The minimum absolute atomic E-state index is 0.164. The number of carbonyl (C=O) groups is 2. The van der Waals surface area contributed by atoms with E-state index in [-0.39, 0.29) is 5.91 Å². The Balaban J connectivity index is 3.25. The monoisotopic (exact) mass is 301 g/mol. The molecule has 1 atom stereocenters. The Morgan fingerprint density at radius 1 is 0.952 bits per heavy atom. The molecule has 0 heterocycles. The summed E-state index contributed by atoms with van der Waals surface area (Å²) in [6, 6.07) is -0.796. The molecule has 5 nitrogen and oxygen atoms in total. The first-order chi connectivity index (χ1) is 10.1. The average Bonchev–Trinajstić information content (AvgIpc) is 2.44. The Bertz CT molecular complexity index is 281. The Kier molecular flexibility index (Phi) is 13.1. The Morgan fingerprint density at radius 2 is 1.43 bits per heavy atom. The molecule has 2 N–H and O–H groups in total. The molecule has 0 saturated heterocycles. The second-order valence-electron chi connectivity index (χ2n) is 5.55. The summed E-state index contributed by atoms with van der Waals surface area (Å²) in [5, 5.41) is 11.1. The number of unbranched alkanes of at least 4 members (excludes halogenated alkanes) is 8. The van der Waals surface area contributed by atoms with Crippen LogP contribution in [-0.2, 0) is 14.3 Å². The summed E-state index contributed by atoms with van der Waals surface area (Å²) in [4.78, 5) is 22.0. The first kappa shape index (κ1) is 19.9. The van der Waals surface area contributed by atoms with E-state index >= 15 is 0 Å². The number of ether oxygens (including phenoxy) is 1. The fraction of sp³-hybridized carbons (Fsp3) is 0.875. The minimum atomic E-state index is -0.992. The fourth-order valence-electron chi connectivity index (χ4n) is 2.14. The van der Waals surface area contributed by atoms with Crippen LogP contribution in [0.25, 0.3) is 0 Å². The van der Waals surface area contributed by atoms with Gasteiger partial charge in [0.15, 0.2) is 0 Å². The highest BCUT2D eigenvalue weighted by Crippen LogP contribution is 2.10. The Labute approximate surface area is 128 Å². The van der Waals surface area contributed by atoms with Crippen LogP contribution in [0.2, 0.25) is 0 Å². The molecule has 0 aliphatic rings. The molecule has 124 valence electrons. The zero-order valence-electron chi connectivity index (χ0n) is 13.5. The first-order valence-electron chi connectivity index (χ1n) is 8.09. The summed E-state index contributed by atoms with van der Waals surface area (Å²) >= 11 is 0. The van der Waals surface area contributed by atoms with Gasteiger partial charge in [0.25, 0.3) is 0 Å². The number of amides is 1. The summed E-state index contributed by atoms with van der Waals surface area (Å²) in [6.45, 7) is 2.34. The van der Waals surface area contributed by atoms with Gasteiger partial charge in [0.2, 0.25) is 5.91 Å². The standard InChI is InChI=1S/C16H31NO4/c1-14(16(19)20)17-15(18)12-10-8-6-4-3-5-7-9-11-13-21-2/h14H,3-13H2,1-2H3,(H,17,18)(H,19,20)/t14-/m0/s1. The van der Waals surface area contributed by atoms with Crippen LogP contribution in [0, 0.1) is 0 Å². The largest absolute Gasteiger partial charge is 0.480 e. The first-order valence-corrected chi connectivity index (χ1v) is 8.09. The maximum absolute atomic E-state index is 11.4. The van der Waals surface area contributed by atoms with E-state index in [0.29, 0.717) is 6.42 Å². The van der Waals surface area contributed by atoms with Crippen LogP contribution in [0.4, 0.5) is 0 Å². The number of carbonyl (C=O) groups excluding carboxylic acids is 1. The summed E-state index contributed by atoms with van der Waals surface area (Å²) in [6.07, 6.45) is 10.9. The normalized spacial score (nSPS) is 12.1. The smallest absolute Gasteiger partial charge is 0.325 e. The van der Waals surface area contributed by atoms with Crippen molar-refractivity contribution in [2.45, 2.75) is 77.2 Å². The minimum Gasteiger partial charge on any atom is -0.480 e. The number of carboxylic acids is 1. The SMILES string of the molecule is COCCCCCCCCCCCC(=O)N[C@@H](C)C(=O)O. The van der Waals surface area contributed by atoms with Gasteiger partial charge in [0.1, 0.15) is 6.04 Å². The van der Waals surface area contributed by atoms with E-state index < -0.39 is 12.0 Å². The number of aliphatic carboxylic acids is 1. The van der Waals surface area contributed by atoms with Crippen molar-refractivity contribution in [1.29, 1.82) is 0 Å². The van der Waals surface area contributed by atoms with E-state index in [9.17, 15) is 9.59 Å². The highest BCUT2D eigenvalue weighted by atomic mass is 16.5. The van der Waals surface area contributed by atoms with Gasteiger partial charge in [-0.2, -0.15) is 0 Å². The molecule has 0 aromatic carbocycles. The summed E-state index contributed by atoms with van der Waals surface area (Å²) < 4.78 is 5.00. The highest BCUT2D eigenvalue weighted by Gasteiger charge is 2.12. The molecule has 1 amide bonds. The van der Waals surface area contributed by atoms with Gasteiger partial charge in [-0.15, -0.1) is 0 Å². The second kappa shape index (κ2) is 13.9. The van der Waals surface area contributed by atoms with Crippen LogP contribution < -0.4 is 5.32 Å². The molecule has 0 unspecified atom stereocenters. The Morgan fingerprint density at radius 3 is 1.90 bits per heavy atom. The summed E-state index contributed by atoms with van der Waals surface area (Å²) in [7, 11) is 1.74. The predicted octanol–water partition coefficient (Wildman–Crippen LogP) is 3.12. The second-order valence-corrected chi connectivity index (χ2v) is 5.55. The van der Waals surface area contributed by atoms with Crippen LogP contribution in [0.15, 0.2) is 0 Å². The maximum atomic E-state index is 11.4. The lowest BCUT2D eigenvalue weighted by molar-refractivity contribution is -0.141. The van der Waals surface area contributed by atoms with Crippen molar-refractivity contribution in [2.24, 2.45) is 0 Å². The van der Waals surface area contributed by atoms with E-state index in [1.165, 1.54) is 39.0 Å². The van der Waals surface area contributed by atoms with E-state index in [0.717, 1.165) is 32.3 Å². The van der Waals surface area contributed by atoms with Crippen LogP contribution >= 0.6 is 0 Å². The van der Waals surface area contributed by atoms with E-state index in [1.54, 1.807) is 7.11 Å². The third-order valence-corrected chi connectivity index (χ3v) is 3.50. The van der Waals surface area contributed by atoms with Crippen molar-refractivity contribution in [3.05, 3.63) is 0 Å². The number of hydrogen-bond acceptors (Lipinski definition) is 3. The van der Waals surface area contributed by atoms with Crippen molar-refractivity contribution < 1.29 is 19.4 Å². The molecule has 0 aromatic rings. The molecule has 5 heteroatoms. The van der Waals surface area contributed by atoms with Crippen molar-refractivity contribution >= 4 is 11.9 Å². The van der Waals surface area contributed by atoms with E-state index in [4.69, 9.17) is 9.84 Å².